The summed E-state index contributed by atoms with van der Waals surface area (Å²) in [5.41, 5.74) is 3.05. The average molecular weight is 339 g/mol. The Bertz CT molecular complexity index is 828. The highest BCUT2D eigenvalue weighted by Gasteiger charge is 2.12. The van der Waals surface area contributed by atoms with Crippen molar-refractivity contribution < 1.29 is 9.18 Å². The lowest BCUT2D eigenvalue weighted by atomic mass is 9.98. The van der Waals surface area contributed by atoms with Gasteiger partial charge in [-0.2, -0.15) is 10.2 Å². The Kier molecular flexibility index (Phi) is 6.11. The Morgan fingerprint density at radius 1 is 1.24 bits per heavy atom. The summed E-state index contributed by atoms with van der Waals surface area (Å²) in [6.45, 7) is 3.67. The van der Waals surface area contributed by atoms with Crippen LogP contribution in [0.5, 0.6) is 0 Å². The lowest BCUT2D eigenvalue weighted by molar-refractivity contribution is -0.116. The van der Waals surface area contributed by atoms with E-state index in [1.807, 2.05) is 18.2 Å². The van der Waals surface area contributed by atoms with E-state index in [2.05, 4.69) is 27.2 Å². The number of carbonyl (C=O) groups excluding carboxylic acids is 1. The molecule has 1 amide bonds. The third-order valence-corrected chi connectivity index (χ3v) is 3.48. The first-order valence-corrected chi connectivity index (χ1v) is 7.46. The smallest absolute Gasteiger partial charge is 0.243 e. The molecule has 0 aliphatic carbocycles. The molecule has 0 heterocycles. The Morgan fingerprint density at radius 3 is 2.52 bits per heavy atom. The van der Waals surface area contributed by atoms with Crippen LogP contribution in [0, 0.1) is 5.82 Å². The number of hydrazone groups is 1. The largest absolute Gasteiger partial charge is 0.348 e. The number of hydrogen-bond acceptors (Lipinski definition) is 4. The summed E-state index contributed by atoms with van der Waals surface area (Å²) in [4.78, 5) is 11.4. The number of benzene rings is 2. The fourth-order valence-electron chi connectivity index (χ4n) is 2.26. The summed E-state index contributed by atoms with van der Waals surface area (Å²) in [7, 11) is 1.51. The van der Waals surface area contributed by atoms with Gasteiger partial charge in [-0.25, -0.2) is 4.39 Å². The molecule has 0 fully saturated rings. The highest BCUT2D eigenvalue weighted by molar-refractivity contribution is 6.01. The fraction of sp³-hybridized carbons (Fsp3) is 0.111. The zero-order chi connectivity index (χ0) is 18.2. The first-order chi connectivity index (χ1) is 12.1. The Labute approximate surface area is 145 Å². The summed E-state index contributed by atoms with van der Waals surface area (Å²) >= 11 is 0. The van der Waals surface area contributed by atoms with Crippen LogP contribution in [0.2, 0.25) is 0 Å². The molecular formula is C18H18FN5O. The van der Waals surface area contributed by atoms with Crippen molar-refractivity contribution >= 4 is 11.7 Å². The summed E-state index contributed by atoms with van der Waals surface area (Å²) in [6, 6.07) is 11.6. The molecule has 0 radical (unpaired) electrons. The number of nitrogens with zero attached hydrogens (tertiary/aromatic N) is 3. The van der Waals surface area contributed by atoms with Crippen molar-refractivity contribution in [1.82, 2.24) is 5.32 Å². The fourth-order valence-corrected chi connectivity index (χ4v) is 2.26. The maximum Gasteiger partial charge on any atom is 0.243 e. The van der Waals surface area contributed by atoms with E-state index in [0.29, 0.717) is 5.56 Å². The van der Waals surface area contributed by atoms with Gasteiger partial charge in [0.05, 0.1) is 0 Å². The molecule has 0 bridgehead atoms. The predicted molar refractivity (Wildman–Crippen MR) is 95.4 cm³/mol. The maximum absolute atomic E-state index is 13.1. The van der Waals surface area contributed by atoms with Crippen LogP contribution >= 0.6 is 0 Å². The molecule has 0 spiro atoms. The van der Waals surface area contributed by atoms with E-state index in [1.165, 1.54) is 25.3 Å². The van der Waals surface area contributed by atoms with Crippen LogP contribution in [0.3, 0.4) is 0 Å². The summed E-state index contributed by atoms with van der Waals surface area (Å²) in [5.74, 6) is 5.06. The van der Waals surface area contributed by atoms with Crippen molar-refractivity contribution in [3.05, 3.63) is 72.1 Å². The summed E-state index contributed by atoms with van der Waals surface area (Å²) < 4.78 is 13.1. The van der Waals surface area contributed by atoms with Gasteiger partial charge in [0.2, 0.25) is 5.91 Å². The van der Waals surface area contributed by atoms with Crippen LogP contribution in [0.1, 0.15) is 11.1 Å². The minimum atomic E-state index is -0.309. The lowest BCUT2D eigenvalue weighted by Crippen LogP contribution is -2.21. The van der Waals surface area contributed by atoms with Gasteiger partial charge in [-0.1, -0.05) is 30.8 Å². The SMILES string of the molecule is C=CC(=O)NCc1ccc(-c2ccc(F)cc2)cc1/C(N=NC)=N/N. The van der Waals surface area contributed by atoms with E-state index in [1.54, 1.807) is 12.1 Å². The van der Waals surface area contributed by atoms with Crippen molar-refractivity contribution in [3.63, 3.8) is 0 Å². The zero-order valence-electron chi connectivity index (χ0n) is 13.7. The molecule has 2 aromatic carbocycles. The minimum absolute atomic E-state index is 0.231. The average Bonchev–Trinajstić information content (AvgIpc) is 2.64. The number of halogens is 1. The van der Waals surface area contributed by atoms with Crippen LogP contribution in [0.25, 0.3) is 11.1 Å². The number of hydrogen-bond donors (Lipinski definition) is 2. The molecular weight excluding hydrogens is 321 g/mol. The molecule has 25 heavy (non-hydrogen) atoms. The third-order valence-electron chi connectivity index (χ3n) is 3.48. The molecule has 0 atom stereocenters. The van der Waals surface area contributed by atoms with Crippen LogP contribution in [0.15, 0.2) is 70.4 Å². The van der Waals surface area contributed by atoms with Crippen molar-refractivity contribution in [2.45, 2.75) is 6.54 Å². The van der Waals surface area contributed by atoms with Crippen LogP contribution < -0.4 is 11.2 Å². The first-order valence-electron chi connectivity index (χ1n) is 7.46. The van der Waals surface area contributed by atoms with Gasteiger partial charge in [0.15, 0.2) is 5.84 Å². The van der Waals surface area contributed by atoms with Crippen LogP contribution in [-0.4, -0.2) is 18.8 Å². The second-order valence-electron chi connectivity index (χ2n) is 5.05. The number of azo groups is 1. The monoisotopic (exact) mass is 339 g/mol. The van der Waals surface area contributed by atoms with Gasteiger partial charge in [-0.3, -0.25) is 4.79 Å². The van der Waals surface area contributed by atoms with Crippen LogP contribution in [0.4, 0.5) is 4.39 Å². The van der Waals surface area contributed by atoms with Gasteiger partial charge in [-0.05, 0) is 41.0 Å². The Morgan fingerprint density at radius 2 is 1.92 bits per heavy atom. The molecule has 2 aromatic rings. The number of nitrogens with two attached hydrogens (primary N) is 1. The number of carbonyl (C=O) groups is 1. The maximum atomic E-state index is 13.1. The van der Waals surface area contributed by atoms with E-state index in [9.17, 15) is 9.18 Å². The van der Waals surface area contributed by atoms with Gasteiger partial charge in [0.25, 0.3) is 0 Å². The second-order valence-corrected chi connectivity index (χ2v) is 5.05. The van der Waals surface area contributed by atoms with E-state index < -0.39 is 0 Å². The quantitative estimate of drug-likeness (QED) is 0.219. The van der Waals surface area contributed by atoms with E-state index in [-0.39, 0.29) is 24.1 Å². The molecule has 0 unspecified atom stereocenters. The Hall–Kier alpha value is -3.35. The topological polar surface area (TPSA) is 92.2 Å². The van der Waals surface area contributed by atoms with Gasteiger partial charge < -0.3 is 11.2 Å². The molecule has 3 N–H and O–H groups in total. The molecule has 6 nitrogen and oxygen atoms in total. The molecule has 128 valence electrons. The number of amidine groups is 1. The highest BCUT2D eigenvalue weighted by Crippen LogP contribution is 2.24. The molecule has 0 saturated carbocycles. The Balaban J connectivity index is 2.47. The minimum Gasteiger partial charge on any atom is -0.348 e. The number of rotatable bonds is 5. The summed E-state index contributed by atoms with van der Waals surface area (Å²) in [5, 5.41) is 14.0. The zero-order valence-corrected chi connectivity index (χ0v) is 13.7. The van der Waals surface area contributed by atoms with Crippen molar-refractivity contribution in [3.8, 4) is 11.1 Å². The second kappa shape index (κ2) is 8.49. The summed E-state index contributed by atoms with van der Waals surface area (Å²) in [6.07, 6.45) is 1.19. The van der Waals surface area contributed by atoms with E-state index in [0.717, 1.165) is 16.7 Å². The van der Waals surface area contributed by atoms with E-state index >= 15 is 0 Å². The van der Waals surface area contributed by atoms with Gasteiger partial charge in [0.1, 0.15) is 5.82 Å². The van der Waals surface area contributed by atoms with Crippen LogP contribution in [-0.2, 0) is 11.3 Å². The number of nitrogens with one attached hydrogen (secondary N) is 1. The first kappa shape index (κ1) is 18.0. The number of amides is 1. The molecule has 2 rings (SSSR count). The van der Waals surface area contributed by atoms with Gasteiger partial charge in [-0.15, -0.1) is 5.11 Å². The predicted octanol–water partition coefficient (Wildman–Crippen LogP) is 3.00. The normalized spacial score (nSPS) is 11.5. The molecule has 7 heteroatoms. The molecule has 0 aromatic heterocycles. The molecule has 0 saturated heterocycles. The van der Waals surface area contributed by atoms with E-state index in [4.69, 9.17) is 5.84 Å². The van der Waals surface area contributed by atoms with Crippen molar-refractivity contribution in [2.75, 3.05) is 7.05 Å². The van der Waals surface area contributed by atoms with Crippen molar-refractivity contribution in [2.24, 2.45) is 21.2 Å². The van der Waals surface area contributed by atoms with Gasteiger partial charge >= 0.3 is 0 Å². The molecule has 0 aliphatic heterocycles. The standard InChI is InChI=1S/C18H18FN5O/c1-3-17(25)22-11-14-5-4-13(12-6-8-15(19)9-7-12)10-16(14)18(23-20)24-21-2/h3-10H,1,11,20H2,2H3,(H,22,25)/b23-18-,24-21?. The third kappa shape index (κ3) is 4.57. The highest BCUT2D eigenvalue weighted by atomic mass is 19.1. The van der Waals surface area contributed by atoms with Crippen molar-refractivity contribution in [1.29, 1.82) is 0 Å². The molecule has 0 aliphatic rings. The van der Waals surface area contributed by atoms with Gasteiger partial charge in [0, 0.05) is 19.2 Å². The lowest BCUT2D eigenvalue weighted by Gasteiger charge is -2.12.